The molecular formula is C26H24O5. The largest absolute Gasteiger partial charge is 0.462 e. The van der Waals surface area contributed by atoms with Gasteiger partial charge in [0.25, 0.3) is 0 Å². The van der Waals surface area contributed by atoms with E-state index in [2.05, 4.69) is 0 Å². The first-order valence-corrected chi connectivity index (χ1v) is 10.2. The van der Waals surface area contributed by atoms with Crippen molar-refractivity contribution in [2.45, 2.75) is 26.7 Å². The van der Waals surface area contributed by atoms with Gasteiger partial charge < -0.3 is 9.47 Å². The molecule has 0 fully saturated rings. The topological polar surface area (TPSA) is 69.7 Å². The van der Waals surface area contributed by atoms with Gasteiger partial charge in [-0.25, -0.2) is 9.59 Å². The van der Waals surface area contributed by atoms with E-state index in [-0.39, 0.29) is 5.78 Å². The maximum atomic E-state index is 12.5. The molecule has 0 radical (unpaired) electrons. The molecule has 3 aromatic carbocycles. The summed E-state index contributed by atoms with van der Waals surface area (Å²) in [6.07, 6.45) is 1.76. The van der Waals surface area contributed by atoms with Crippen molar-refractivity contribution in [3.63, 3.8) is 0 Å². The fraction of sp³-hybridized carbons (Fsp3) is 0.192. The minimum atomic E-state index is -0.549. The normalized spacial score (nSPS) is 10.4. The SMILES string of the molecule is CCCCOC(=O)c1ccc(OC(=O)c2ccc(C(=O)c3ccc(C)cc3)cc2)cc1. The number of hydrogen-bond donors (Lipinski definition) is 0. The molecule has 0 amide bonds. The van der Waals surface area contributed by atoms with E-state index in [0.29, 0.717) is 34.6 Å². The Hall–Kier alpha value is -3.73. The second-order valence-electron chi connectivity index (χ2n) is 7.18. The van der Waals surface area contributed by atoms with Crippen molar-refractivity contribution in [1.29, 1.82) is 0 Å². The summed E-state index contributed by atoms with van der Waals surface area (Å²) < 4.78 is 10.5. The van der Waals surface area contributed by atoms with Crippen molar-refractivity contribution in [1.82, 2.24) is 0 Å². The Morgan fingerprint density at radius 1 is 0.677 bits per heavy atom. The summed E-state index contributed by atoms with van der Waals surface area (Å²) in [6.45, 7) is 4.36. The quantitative estimate of drug-likeness (QED) is 0.213. The molecule has 0 atom stereocenters. The van der Waals surface area contributed by atoms with Crippen LogP contribution in [0.4, 0.5) is 0 Å². The minimum absolute atomic E-state index is 0.110. The number of rotatable bonds is 8. The van der Waals surface area contributed by atoms with E-state index in [1.54, 1.807) is 60.7 Å². The molecule has 0 N–H and O–H groups in total. The van der Waals surface area contributed by atoms with Gasteiger partial charge in [-0.15, -0.1) is 0 Å². The molecule has 0 aliphatic carbocycles. The van der Waals surface area contributed by atoms with Gasteiger partial charge in [0, 0.05) is 11.1 Å². The van der Waals surface area contributed by atoms with Gasteiger partial charge in [0.1, 0.15) is 5.75 Å². The summed E-state index contributed by atoms with van der Waals surface area (Å²) in [4.78, 5) is 36.9. The molecule has 0 heterocycles. The first-order chi connectivity index (χ1) is 15.0. The van der Waals surface area contributed by atoms with E-state index in [9.17, 15) is 14.4 Å². The van der Waals surface area contributed by atoms with Crippen molar-refractivity contribution in [3.8, 4) is 5.75 Å². The van der Waals surface area contributed by atoms with E-state index in [1.165, 1.54) is 0 Å². The molecule has 158 valence electrons. The molecule has 0 spiro atoms. The van der Waals surface area contributed by atoms with Gasteiger partial charge in [0.2, 0.25) is 0 Å². The number of carbonyl (C=O) groups excluding carboxylic acids is 3. The lowest BCUT2D eigenvalue weighted by atomic mass is 10.0. The third-order valence-corrected chi connectivity index (χ3v) is 4.73. The standard InChI is InChI=1S/C26H24O5/c1-3-4-17-30-25(28)21-13-15-23(16-14-21)31-26(29)22-11-9-20(10-12-22)24(27)19-7-5-18(2)6-8-19/h5-16H,3-4,17H2,1-2H3. The maximum absolute atomic E-state index is 12.5. The number of benzene rings is 3. The second kappa shape index (κ2) is 10.3. The third-order valence-electron chi connectivity index (χ3n) is 4.73. The fourth-order valence-corrected chi connectivity index (χ4v) is 2.85. The molecule has 0 aliphatic heterocycles. The van der Waals surface area contributed by atoms with Crippen molar-refractivity contribution in [2.24, 2.45) is 0 Å². The zero-order valence-electron chi connectivity index (χ0n) is 17.6. The van der Waals surface area contributed by atoms with Crippen LogP contribution in [-0.2, 0) is 4.74 Å². The van der Waals surface area contributed by atoms with E-state index >= 15 is 0 Å². The molecule has 3 aromatic rings. The number of ether oxygens (including phenoxy) is 2. The van der Waals surface area contributed by atoms with Crippen LogP contribution in [0.3, 0.4) is 0 Å². The van der Waals surface area contributed by atoms with Gasteiger partial charge >= 0.3 is 11.9 Å². The van der Waals surface area contributed by atoms with E-state index in [0.717, 1.165) is 18.4 Å². The summed E-state index contributed by atoms with van der Waals surface area (Å²) in [5.74, 6) is -0.746. The number of ketones is 1. The Morgan fingerprint density at radius 3 is 1.74 bits per heavy atom. The van der Waals surface area contributed by atoms with Crippen molar-refractivity contribution >= 4 is 17.7 Å². The highest BCUT2D eigenvalue weighted by molar-refractivity contribution is 6.09. The van der Waals surface area contributed by atoms with Crippen LogP contribution in [0, 0.1) is 6.92 Å². The zero-order chi connectivity index (χ0) is 22.2. The smallest absolute Gasteiger partial charge is 0.343 e. The Labute approximate surface area is 181 Å². The molecular weight excluding hydrogens is 392 g/mol. The van der Waals surface area contributed by atoms with Crippen LogP contribution in [0.25, 0.3) is 0 Å². The predicted molar refractivity (Wildman–Crippen MR) is 118 cm³/mol. The summed E-state index contributed by atoms with van der Waals surface area (Å²) in [5.41, 5.74) is 2.88. The van der Waals surface area contributed by atoms with Gasteiger partial charge in [0.15, 0.2) is 5.78 Å². The van der Waals surface area contributed by atoms with E-state index < -0.39 is 11.9 Å². The number of aryl methyl sites for hydroxylation is 1. The summed E-state index contributed by atoms with van der Waals surface area (Å²) >= 11 is 0. The third kappa shape index (κ3) is 5.89. The Kier molecular flexibility index (Phi) is 7.33. The van der Waals surface area contributed by atoms with Crippen LogP contribution in [0.15, 0.2) is 72.8 Å². The number of hydrogen-bond acceptors (Lipinski definition) is 5. The molecule has 0 unspecified atom stereocenters. The number of carbonyl (C=O) groups is 3. The molecule has 5 nitrogen and oxygen atoms in total. The van der Waals surface area contributed by atoms with Crippen molar-refractivity contribution in [2.75, 3.05) is 6.61 Å². The van der Waals surface area contributed by atoms with Crippen LogP contribution in [0.1, 0.15) is 62.0 Å². The summed E-state index contributed by atoms with van der Waals surface area (Å²) in [7, 11) is 0. The second-order valence-corrected chi connectivity index (χ2v) is 7.18. The van der Waals surface area contributed by atoms with Crippen LogP contribution in [-0.4, -0.2) is 24.3 Å². The average Bonchev–Trinajstić information content (AvgIpc) is 2.80. The first kappa shape index (κ1) is 22.0. The fourth-order valence-electron chi connectivity index (χ4n) is 2.85. The molecule has 0 aliphatic rings. The molecule has 3 rings (SSSR count). The van der Waals surface area contributed by atoms with Crippen LogP contribution >= 0.6 is 0 Å². The Morgan fingerprint density at radius 2 is 1.16 bits per heavy atom. The van der Waals surface area contributed by atoms with Crippen molar-refractivity contribution in [3.05, 3.63) is 101 Å². The van der Waals surface area contributed by atoms with Gasteiger partial charge in [-0.1, -0.05) is 55.3 Å². The molecule has 0 saturated heterocycles. The Bertz CT molecular complexity index is 1050. The van der Waals surface area contributed by atoms with Gasteiger partial charge in [-0.05, 0) is 49.7 Å². The molecule has 0 aromatic heterocycles. The van der Waals surface area contributed by atoms with Gasteiger partial charge in [0.05, 0.1) is 17.7 Å². The van der Waals surface area contributed by atoms with E-state index in [1.807, 2.05) is 26.0 Å². The van der Waals surface area contributed by atoms with Crippen molar-refractivity contribution < 1.29 is 23.9 Å². The van der Waals surface area contributed by atoms with Crippen LogP contribution in [0.5, 0.6) is 5.75 Å². The predicted octanol–water partition coefficient (Wildman–Crippen LogP) is 5.40. The highest BCUT2D eigenvalue weighted by Gasteiger charge is 2.13. The van der Waals surface area contributed by atoms with Gasteiger partial charge in [-0.2, -0.15) is 0 Å². The summed E-state index contributed by atoms with van der Waals surface area (Å²) in [5, 5.41) is 0. The first-order valence-electron chi connectivity index (χ1n) is 10.2. The lowest BCUT2D eigenvalue weighted by Gasteiger charge is -2.07. The number of unbranched alkanes of at least 4 members (excludes halogenated alkanes) is 1. The highest BCUT2D eigenvalue weighted by atomic mass is 16.5. The van der Waals surface area contributed by atoms with Crippen LogP contribution in [0.2, 0.25) is 0 Å². The van der Waals surface area contributed by atoms with Gasteiger partial charge in [-0.3, -0.25) is 4.79 Å². The molecule has 0 saturated carbocycles. The molecule has 31 heavy (non-hydrogen) atoms. The van der Waals surface area contributed by atoms with Crippen LogP contribution < -0.4 is 4.74 Å². The zero-order valence-corrected chi connectivity index (χ0v) is 17.6. The molecule has 0 bridgehead atoms. The number of esters is 2. The minimum Gasteiger partial charge on any atom is -0.462 e. The Balaban J connectivity index is 1.61. The van der Waals surface area contributed by atoms with E-state index in [4.69, 9.17) is 9.47 Å². The highest BCUT2D eigenvalue weighted by Crippen LogP contribution is 2.17. The monoisotopic (exact) mass is 416 g/mol. The maximum Gasteiger partial charge on any atom is 0.343 e. The lowest BCUT2D eigenvalue weighted by molar-refractivity contribution is 0.0499. The lowest BCUT2D eigenvalue weighted by Crippen LogP contribution is -2.10. The summed E-state index contributed by atoms with van der Waals surface area (Å²) in [6, 6.07) is 19.9. The molecule has 5 heteroatoms. The average molecular weight is 416 g/mol.